The highest BCUT2D eigenvalue weighted by atomic mass is 79.9. The van der Waals surface area contributed by atoms with Crippen LogP contribution in [0.2, 0.25) is 0 Å². The molecular formula is C15H13BrN2OS. The van der Waals surface area contributed by atoms with Gasteiger partial charge >= 0.3 is 0 Å². The van der Waals surface area contributed by atoms with E-state index in [2.05, 4.69) is 27.3 Å². The standard InChI is InChI=1S/C15H13BrN2OS/c1-3-12-9(2)20-15(13(12)8-17)18-14(19)10-5-4-6-11(16)7-10/h4-7H,3H2,1-2H3,(H,18,19). The van der Waals surface area contributed by atoms with Gasteiger partial charge in [-0.15, -0.1) is 11.3 Å². The third-order valence-corrected chi connectivity index (χ3v) is 4.54. The van der Waals surface area contributed by atoms with Gasteiger partial charge in [-0.1, -0.05) is 28.9 Å². The van der Waals surface area contributed by atoms with E-state index in [1.165, 1.54) is 11.3 Å². The minimum Gasteiger partial charge on any atom is -0.312 e. The van der Waals surface area contributed by atoms with Crippen molar-refractivity contribution in [1.29, 1.82) is 5.26 Å². The van der Waals surface area contributed by atoms with E-state index in [4.69, 9.17) is 0 Å². The van der Waals surface area contributed by atoms with Crippen molar-refractivity contribution in [2.24, 2.45) is 0 Å². The Bertz CT molecular complexity index is 700. The summed E-state index contributed by atoms with van der Waals surface area (Å²) >= 11 is 4.79. The Morgan fingerprint density at radius 2 is 2.25 bits per heavy atom. The molecule has 0 atom stereocenters. The molecule has 2 aromatic rings. The quantitative estimate of drug-likeness (QED) is 0.887. The van der Waals surface area contributed by atoms with Crippen LogP contribution in [0.5, 0.6) is 0 Å². The summed E-state index contributed by atoms with van der Waals surface area (Å²) in [5, 5.41) is 12.7. The maximum atomic E-state index is 12.2. The first-order chi connectivity index (χ1) is 9.56. The van der Waals surface area contributed by atoms with Gasteiger partial charge in [0.1, 0.15) is 11.1 Å². The number of carbonyl (C=O) groups excluding carboxylic acids is 1. The van der Waals surface area contributed by atoms with Crippen LogP contribution in [-0.4, -0.2) is 5.91 Å². The highest BCUT2D eigenvalue weighted by Gasteiger charge is 2.17. The highest BCUT2D eigenvalue weighted by Crippen LogP contribution is 2.33. The molecule has 0 radical (unpaired) electrons. The fraction of sp³-hybridized carbons (Fsp3) is 0.200. The smallest absolute Gasteiger partial charge is 0.256 e. The molecule has 0 bridgehead atoms. The summed E-state index contributed by atoms with van der Waals surface area (Å²) in [4.78, 5) is 13.3. The minimum atomic E-state index is -0.202. The lowest BCUT2D eigenvalue weighted by Gasteiger charge is -2.04. The molecular weight excluding hydrogens is 336 g/mol. The van der Waals surface area contributed by atoms with Gasteiger partial charge in [0.25, 0.3) is 5.91 Å². The van der Waals surface area contributed by atoms with Gasteiger partial charge in [-0.2, -0.15) is 5.26 Å². The molecule has 0 aliphatic heterocycles. The summed E-state index contributed by atoms with van der Waals surface area (Å²) in [6, 6.07) is 9.36. The lowest BCUT2D eigenvalue weighted by Crippen LogP contribution is -2.11. The number of benzene rings is 1. The van der Waals surface area contributed by atoms with Gasteiger partial charge in [0.05, 0.1) is 5.56 Å². The van der Waals surface area contributed by atoms with Crippen molar-refractivity contribution in [2.75, 3.05) is 5.32 Å². The molecule has 102 valence electrons. The molecule has 3 nitrogen and oxygen atoms in total. The van der Waals surface area contributed by atoms with Gasteiger partial charge in [-0.05, 0) is 37.1 Å². The Morgan fingerprint density at radius 1 is 1.50 bits per heavy atom. The molecule has 0 aliphatic carbocycles. The average Bonchev–Trinajstić information content (AvgIpc) is 2.73. The SMILES string of the molecule is CCc1c(C)sc(NC(=O)c2cccc(Br)c2)c1C#N. The molecule has 0 spiro atoms. The molecule has 1 aromatic heterocycles. The highest BCUT2D eigenvalue weighted by molar-refractivity contribution is 9.10. The number of amides is 1. The molecule has 0 saturated heterocycles. The summed E-state index contributed by atoms with van der Waals surface area (Å²) in [7, 11) is 0. The Labute approximate surface area is 130 Å². The normalized spacial score (nSPS) is 10.1. The topological polar surface area (TPSA) is 52.9 Å². The zero-order chi connectivity index (χ0) is 14.7. The number of thiophene rings is 1. The first-order valence-electron chi connectivity index (χ1n) is 6.16. The summed E-state index contributed by atoms with van der Waals surface area (Å²) in [6.45, 7) is 3.98. The maximum Gasteiger partial charge on any atom is 0.256 e. The molecule has 0 aliphatic rings. The van der Waals surface area contributed by atoms with Crippen LogP contribution in [0.1, 0.15) is 33.3 Å². The number of aryl methyl sites for hydroxylation is 1. The van der Waals surface area contributed by atoms with Crippen LogP contribution in [0.3, 0.4) is 0 Å². The van der Waals surface area contributed by atoms with Crippen LogP contribution < -0.4 is 5.32 Å². The van der Waals surface area contributed by atoms with E-state index in [-0.39, 0.29) is 5.91 Å². The first kappa shape index (κ1) is 14.8. The molecule has 2 rings (SSSR count). The predicted molar refractivity (Wildman–Crippen MR) is 85.2 cm³/mol. The largest absolute Gasteiger partial charge is 0.312 e. The molecule has 1 heterocycles. The molecule has 0 unspecified atom stereocenters. The number of halogens is 1. The number of hydrogen-bond acceptors (Lipinski definition) is 3. The van der Waals surface area contributed by atoms with Crippen molar-refractivity contribution in [3.05, 3.63) is 50.3 Å². The fourth-order valence-electron chi connectivity index (χ4n) is 2.02. The Hall–Kier alpha value is -1.64. The van der Waals surface area contributed by atoms with Gasteiger partial charge in [-0.3, -0.25) is 4.79 Å². The van der Waals surface area contributed by atoms with Crippen molar-refractivity contribution in [2.45, 2.75) is 20.3 Å². The second-order valence-electron chi connectivity index (χ2n) is 4.27. The van der Waals surface area contributed by atoms with E-state index in [1.54, 1.807) is 18.2 Å². The number of hydrogen-bond donors (Lipinski definition) is 1. The third-order valence-electron chi connectivity index (χ3n) is 2.99. The van der Waals surface area contributed by atoms with Crippen LogP contribution in [0.25, 0.3) is 0 Å². The van der Waals surface area contributed by atoms with E-state index in [0.717, 1.165) is 21.3 Å². The fourth-order valence-corrected chi connectivity index (χ4v) is 3.51. The molecule has 0 saturated carbocycles. The second-order valence-corrected chi connectivity index (χ2v) is 6.41. The van der Waals surface area contributed by atoms with Crippen molar-refractivity contribution in [3.63, 3.8) is 0 Å². The summed E-state index contributed by atoms with van der Waals surface area (Å²) in [6.07, 6.45) is 0.790. The average molecular weight is 349 g/mol. The third kappa shape index (κ3) is 2.92. The number of nitriles is 1. The molecule has 1 N–H and O–H groups in total. The number of nitrogens with one attached hydrogen (secondary N) is 1. The van der Waals surface area contributed by atoms with Crippen LogP contribution in [0.4, 0.5) is 5.00 Å². The van der Waals surface area contributed by atoms with Gasteiger partial charge < -0.3 is 5.32 Å². The molecule has 1 aromatic carbocycles. The van der Waals surface area contributed by atoms with Crippen molar-refractivity contribution < 1.29 is 4.79 Å². The van der Waals surface area contributed by atoms with Crippen LogP contribution >= 0.6 is 27.3 Å². The van der Waals surface area contributed by atoms with Gasteiger partial charge in [0.15, 0.2) is 0 Å². The van der Waals surface area contributed by atoms with Gasteiger partial charge in [0, 0.05) is 14.9 Å². The molecule has 0 fully saturated rings. The number of nitrogens with zero attached hydrogens (tertiary/aromatic N) is 1. The van der Waals surface area contributed by atoms with E-state index in [0.29, 0.717) is 16.1 Å². The lowest BCUT2D eigenvalue weighted by molar-refractivity contribution is 0.102. The van der Waals surface area contributed by atoms with Crippen molar-refractivity contribution in [1.82, 2.24) is 0 Å². The number of rotatable bonds is 3. The maximum absolute atomic E-state index is 12.2. The second kappa shape index (κ2) is 6.21. The lowest BCUT2D eigenvalue weighted by atomic mass is 10.1. The first-order valence-corrected chi connectivity index (χ1v) is 7.77. The minimum absolute atomic E-state index is 0.202. The van der Waals surface area contributed by atoms with Crippen LogP contribution in [0.15, 0.2) is 28.7 Å². The summed E-state index contributed by atoms with van der Waals surface area (Å²) in [5.41, 5.74) is 2.16. The Morgan fingerprint density at radius 3 is 2.85 bits per heavy atom. The number of carbonyl (C=O) groups is 1. The zero-order valence-corrected chi connectivity index (χ0v) is 13.6. The molecule has 20 heavy (non-hydrogen) atoms. The molecule has 5 heteroatoms. The Kier molecular flexibility index (Phi) is 4.58. The van der Waals surface area contributed by atoms with E-state index < -0.39 is 0 Å². The Balaban J connectivity index is 2.31. The van der Waals surface area contributed by atoms with E-state index >= 15 is 0 Å². The summed E-state index contributed by atoms with van der Waals surface area (Å²) < 4.78 is 0.849. The van der Waals surface area contributed by atoms with Crippen molar-refractivity contribution >= 4 is 38.2 Å². The van der Waals surface area contributed by atoms with E-state index in [1.807, 2.05) is 19.9 Å². The van der Waals surface area contributed by atoms with E-state index in [9.17, 15) is 10.1 Å². The van der Waals surface area contributed by atoms with Gasteiger partial charge in [0.2, 0.25) is 0 Å². The monoisotopic (exact) mass is 348 g/mol. The zero-order valence-electron chi connectivity index (χ0n) is 11.2. The van der Waals surface area contributed by atoms with Gasteiger partial charge in [-0.25, -0.2) is 0 Å². The van der Waals surface area contributed by atoms with Crippen LogP contribution in [-0.2, 0) is 6.42 Å². The van der Waals surface area contributed by atoms with Crippen molar-refractivity contribution in [3.8, 4) is 6.07 Å². The predicted octanol–water partition coefficient (Wildman–Crippen LogP) is 4.51. The van der Waals surface area contributed by atoms with Crippen LogP contribution in [0, 0.1) is 18.3 Å². The number of anilines is 1. The summed E-state index contributed by atoms with van der Waals surface area (Å²) in [5.74, 6) is -0.202. The molecule has 1 amide bonds.